The summed E-state index contributed by atoms with van der Waals surface area (Å²) in [6, 6.07) is 25.4. The molecule has 5 nitrogen and oxygen atoms in total. The number of nitrogens with zero attached hydrogens (tertiary/aromatic N) is 4. The highest BCUT2D eigenvalue weighted by molar-refractivity contribution is 5.83. The first-order valence-electron chi connectivity index (χ1n) is 9.89. The van der Waals surface area contributed by atoms with Gasteiger partial charge in [-0.1, -0.05) is 36.4 Å². The number of rotatable bonds is 5. The van der Waals surface area contributed by atoms with Crippen molar-refractivity contribution in [3.8, 4) is 0 Å². The summed E-state index contributed by atoms with van der Waals surface area (Å²) in [6.07, 6.45) is 3.59. The lowest BCUT2D eigenvalue weighted by Gasteiger charge is -2.26. The van der Waals surface area contributed by atoms with E-state index in [0.717, 1.165) is 28.3 Å². The van der Waals surface area contributed by atoms with E-state index in [-0.39, 0.29) is 0 Å². The van der Waals surface area contributed by atoms with E-state index in [9.17, 15) is 0 Å². The van der Waals surface area contributed by atoms with Gasteiger partial charge in [-0.3, -0.25) is 0 Å². The Bertz CT molecular complexity index is 1140. The predicted molar refractivity (Wildman–Crippen MR) is 125 cm³/mol. The fourth-order valence-corrected chi connectivity index (χ4v) is 3.42. The zero-order valence-corrected chi connectivity index (χ0v) is 17.4. The van der Waals surface area contributed by atoms with Gasteiger partial charge in [0.1, 0.15) is 0 Å². The third-order valence-corrected chi connectivity index (χ3v) is 4.84. The molecular formula is C25H25N5. The molecule has 2 N–H and O–H groups in total. The lowest BCUT2D eigenvalue weighted by molar-refractivity contribution is 0.897. The minimum absolute atomic E-state index is 0.380. The Labute approximate surface area is 177 Å². The molecule has 0 aliphatic heterocycles. The molecule has 0 aliphatic rings. The fraction of sp³-hybridized carbons (Fsp3) is 0.120. The van der Waals surface area contributed by atoms with E-state index in [4.69, 9.17) is 5.73 Å². The number of nitrogens with two attached hydrogens (primary N) is 1. The topological polar surface area (TPSA) is 59.4 Å². The number of imidazole rings is 1. The highest BCUT2D eigenvalue weighted by atomic mass is 15.4. The zero-order valence-electron chi connectivity index (χ0n) is 17.4. The van der Waals surface area contributed by atoms with Gasteiger partial charge in [-0.15, -0.1) is 0 Å². The van der Waals surface area contributed by atoms with Gasteiger partial charge in [0.25, 0.3) is 0 Å². The van der Waals surface area contributed by atoms with Crippen molar-refractivity contribution in [1.82, 2.24) is 9.66 Å². The molecule has 0 spiro atoms. The van der Waals surface area contributed by atoms with Crippen molar-refractivity contribution in [2.75, 3.05) is 10.6 Å². The largest absolute Gasteiger partial charge is 0.368 e. The van der Waals surface area contributed by atoms with E-state index in [1.807, 2.05) is 6.92 Å². The Kier molecular flexibility index (Phi) is 5.35. The lowest BCUT2D eigenvalue weighted by atomic mass is 10.1. The van der Waals surface area contributed by atoms with Crippen LogP contribution in [0.3, 0.4) is 0 Å². The smallest absolute Gasteiger partial charge is 0.221 e. The van der Waals surface area contributed by atoms with Crippen LogP contribution in [0, 0.1) is 20.8 Å². The van der Waals surface area contributed by atoms with E-state index in [2.05, 4.69) is 102 Å². The molecule has 30 heavy (non-hydrogen) atoms. The van der Waals surface area contributed by atoms with E-state index in [1.165, 1.54) is 11.1 Å². The van der Waals surface area contributed by atoms with Crippen LogP contribution in [-0.4, -0.2) is 15.9 Å². The van der Waals surface area contributed by atoms with Gasteiger partial charge in [-0.2, -0.15) is 5.10 Å². The van der Waals surface area contributed by atoms with Crippen LogP contribution >= 0.6 is 0 Å². The van der Waals surface area contributed by atoms with E-state index in [0.29, 0.717) is 5.95 Å². The second-order valence-corrected chi connectivity index (χ2v) is 7.43. The Morgan fingerprint density at radius 3 is 1.93 bits per heavy atom. The van der Waals surface area contributed by atoms with Crippen LogP contribution in [0.4, 0.5) is 23.0 Å². The second kappa shape index (κ2) is 8.25. The molecule has 0 amide bonds. The number of benzene rings is 3. The van der Waals surface area contributed by atoms with Gasteiger partial charge in [-0.25, -0.2) is 9.66 Å². The van der Waals surface area contributed by atoms with Crippen LogP contribution in [0.15, 0.2) is 84.1 Å². The zero-order chi connectivity index (χ0) is 21.1. The molecule has 0 unspecified atom stereocenters. The number of hydrogen-bond acceptors (Lipinski definition) is 4. The van der Waals surface area contributed by atoms with E-state index in [1.54, 1.807) is 17.1 Å². The van der Waals surface area contributed by atoms with Crippen molar-refractivity contribution >= 4 is 29.2 Å². The van der Waals surface area contributed by atoms with E-state index < -0.39 is 0 Å². The summed E-state index contributed by atoms with van der Waals surface area (Å²) < 4.78 is 1.58. The number of aryl methyl sites for hydroxylation is 3. The normalized spacial score (nSPS) is 11.2. The molecule has 5 heteroatoms. The molecule has 0 atom stereocenters. The molecule has 4 rings (SSSR count). The first-order chi connectivity index (χ1) is 14.5. The molecule has 150 valence electrons. The summed E-state index contributed by atoms with van der Waals surface area (Å²) >= 11 is 0. The standard InChI is InChI=1S/C25H25N5/c1-18-6-4-8-23(14-18)30(24-9-5-7-19(2)15-24)22-12-10-21(11-13-22)16-27-29-17-20(3)28-25(29)26/h4-17H,1-3H3,(H2,26,28). The number of hydrogen-bond donors (Lipinski definition) is 1. The van der Waals surface area contributed by atoms with Crippen LogP contribution < -0.4 is 10.6 Å². The van der Waals surface area contributed by atoms with Crippen LogP contribution in [-0.2, 0) is 0 Å². The minimum atomic E-state index is 0.380. The Balaban J connectivity index is 1.68. The van der Waals surface area contributed by atoms with Gasteiger partial charge in [-0.05, 0) is 73.9 Å². The van der Waals surface area contributed by atoms with Crippen molar-refractivity contribution in [2.45, 2.75) is 20.8 Å². The predicted octanol–water partition coefficient (Wildman–Crippen LogP) is 5.74. The van der Waals surface area contributed by atoms with Crippen molar-refractivity contribution in [2.24, 2.45) is 5.10 Å². The van der Waals surface area contributed by atoms with Crippen LogP contribution in [0.25, 0.3) is 0 Å². The summed E-state index contributed by atoms with van der Waals surface area (Å²) in [5.41, 5.74) is 13.5. The average molecular weight is 396 g/mol. The van der Waals surface area contributed by atoms with Gasteiger partial charge < -0.3 is 10.6 Å². The molecule has 0 saturated heterocycles. The fourth-order valence-electron chi connectivity index (χ4n) is 3.42. The number of anilines is 4. The van der Waals surface area contributed by atoms with E-state index >= 15 is 0 Å². The lowest BCUT2D eigenvalue weighted by Crippen LogP contribution is -2.10. The van der Waals surface area contributed by atoms with Gasteiger partial charge in [0.2, 0.25) is 5.95 Å². The third-order valence-electron chi connectivity index (χ3n) is 4.84. The van der Waals surface area contributed by atoms with Crippen molar-refractivity contribution < 1.29 is 0 Å². The molecule has 1 heterocycles. The highest BCUT2D eigenvalue weighted by Gasteiger charge is 2.12. The summed E-state index contributed by atoms with van der Waals surface area (Å²) in [6.45, 7) is 6.12. The molecule has 0 fully saturated rings. The van der Waals surface area contributed by atoms with Gasteiger partial charge in [0.15, 0.2) is 0 Å². The second-order valence-electron chi connectivity index (χ2n) is 7.43. The summed E-state index contributed by atoms with van der Waals surface area (Å²) in [4.78, 5) is 6.42. The molecule has 0 saturated carbocycles. The first-order valence-corrected chi connectivity index (χ1v) is 9.89. The van der Waals surface area contributed by atoms with Crippen molar-refractivity contribution in [1.29, 1.82) is 0 Å². The molecule has 3 aromatic carbocycles. The van der Waals surface area contributed by atoms with Crippen molar-refractivity contribution in [3.63, 3.8) is 0 Å². The molecule has 1 aromatic heterocycles. The maximum absolute atomic E-state index is 5.85. The van der Waals surface area contributed by atoms with Crippen LogP contribution in [0.1, 0.15) is 22.4 Å². The summed E-state index contributed by atoms with van der Waals surface area (Å²) in [5, 5.41) is 4.40. The third kappa shape index (κ3) is 4.25. The molecule has 4 aromatic rings. The van der Waals surface area contributed by atoms with Gasteiger partial charge in [0.05, 0.1) is 18.1 Å². The minimum Gasteiger partial charge on any atom is -0.368 e. The van der Waals surface area contributed by atoms with Crippen molar-refractivity contribution in [3.05, 3.63) is 101 Å². The van der Waals surface area contributed by atoms with Crippen LogP contribution in [0.5, 0.6) is 0 Å². The molecule has 0 radical (unpaired) electrons. The SMILES string of the molecule is Cc1cccc(N(c2ccc(C=Nn3cc(C)nc3N)cc2)c2cccc(C)c2)c1. The highest BCUT2D eigenvalue weighted by Crippen LogP contribution is 2.35. The average Bonchev–Trinajstić information content (AvgIpc) is 3.05. The Morgan fingerprint density at radius 1 is 0.833 bits per heavy atom. The summed E-state index contributed by atoms with van der Waals surface area (Å²) in [5.74, 6) is 0.380. The quantitative estimate of drug-likeness (QED) is 0.438. The molecular weight excluding hydrogens is 370 g/mol. The maximum Gasteiger partial charge on any atom is 0.221 e. The first kappa shape index (κ1) is 19.5. The van der Waals surface area contributed by atoms with Gasteiger partial charge >= 0.3 is 0 Å². The van der Waals surface area contributed by atoms with Crippen LogP contribution in [0.2, 0.25) is 0 Å². The molecule has 0 bridgehead atoms. The Hall–Kier alpha value is -3.86. The monoisotopic (exact) mass is 395 g/mol. The maximum atomic E-state index is 5.85. The molecule has 0 aliphatic carbocycles. The summed E-state index contributed by atoms with van der Waals surface area (Å²) in [7, 11) is 0. The van der Waals surface area contributed by atoms with Gasteiger partial charge in [0, 0.05) is 17.1 Å². The number of nitrogen functional groups attached to an aromatic ring is 1. The number of aromatic nitrogens is 2. The Morgan fingerprint density at radius 2 is 1.43 bits per heavy atom.